The lowest BCUT2D eigenvalue weighted by atomic mass is 9.79. The molecule has 2 heterocycles. The molecule has 2 fully saturated rings. The van der Waals surface area contributed by atoms with E-state index in [1.165, 1.54) is 29.9 Å². The van der Waals surface area contributed by atoms with Crippen LogP contribution >= 0.6 is 0 Å². The van der Waals surface area contributed by atoms with Gasteiger partial charge in [0, 0.05) is 25.9 Å². The number of carbonyl (C=O) groups is 1. The Balaban J connectivity index is 1.74. The van der Waals surface area contributed by atoms with E-state index in [1.807, 2.05) is 0 Å². The summed E-state index contributed by atoms with van der Waals surface area (Å²) >= 11 is 0. The first-order valence-electron chi connectivity index (χ1n) is 7.72. The van der Waals surface area contributed by atoms with Crippen LogP contribution in [-0.4, -0.2) is 28.7 Å². The number of nitrogens with one attached hydrogen (secondary N) is 1. The summed E-state index contributed by atoms with van der Waals surface area (Å²) in [7, 11) is 1.65. The van der Waals surface area contributed by atoms with Crippen molar-refractivity contribution in [3.63, 3.8) is 0 Å². The highest BCUT2D eigenvalue weighted by atomic mass is 16.5. The van der Waals surface area contributed by atoms with Crippen LogP contribution in [-0.2, 0) is 11.8 Å². The minimum absolute atomic E-state index is 0.0857. The lowest BCUT2D eigenvalue weighted by Crippen LogP contribution is -2.51. The average molecular weight is 290 g/mol. The van der Waals surface area contributed by atoms with Crippen molar-refractivity contribution in [3.05, 3.63) is 34.2 Å². The van der Waals surface area contributed by atoms with Crippen molar-refractivity contribution in [2.24, 2.45) is 7.05 Å². The van der Waals surface area contributed by atoms with Gasteiger partial charge in [-0.2, -0.15) is 0 Å². The highest BCUT2D eigenvalue weighted by molar-refractivity contribution is 5.94. The molecule has 1 N–H and O–H groups in total. The van der Waals surface area contributed by atoms with E-state index < -0.39 is 0 Å². The van der Waals surface area contributed by atoms with Crippen LogP contribution in [0.3, 0.4) is 0 Å². The van der Waals surface area contributed by atoms with Crippen molar-refractivity contribution in [1.82, 2.24) is 9.88 Å². The molecule has 0 radical (unpaired) electrons. The fourth-order valence-electron chi connectivity index (χ4n) is 3.56. The van der Waals surface area contributed by atoms with Crippen molar-refractivity contribution in [3.8, 4) is 0 Å². The highest BCUT2D eigenvalue weighted by Gasteiger charge is 2.45. The van der Waals surface area contributed by atoms with Gasteiger partial charge in [0.1, 0.15) is 0 Å². The van der Waals surface area contributed by atoms with E-state index >= 15 is 0 Å². The minimum atomic E-state index is -0.158. The van der Waals surface area contributed by atoms with Crippen LogP contribution < -0.4 is 10.9 Å². The molecule has 1 saturated carbocycles. The maximum absolute atomic E-state index is 12.4. The van der Waals surface area contributed by atoms with Crippen molar-refractivity contribution in [1.29, 1.82) is 0 Å². The van der Waals surface area contributed by atoms with Crippen LogP contribution in [0.15, 0.2) is 23.1 Å². The molecule has 21 heavy (non-hydrogen) atoms. The van der Waals surface area contributed by atoms with E-state index in [1.54, 1.807) is 19.3 Å². The monoisotopic (exact) mass is 290 g/mol. The second kappa shape index (κ2) is 5.64. The number of aromatic nitrogens is 1. The first kappa shape index (κ1) is 14.3. The molecule has 114 valence electrons. The second-order valence-electron chi connectivity index (χ2n) is 6.16. The number of nitrogens with zero attached hydrogens (tertiary/aromatic N) is 1. The number of amides is 1. The van der Waals surface area contributed by atoms with Gasteiger partial charge in [0.15, 0.2) is 0 Å². The summed E-state index contributed by atoms with van der Waals surface area (Å²) < 4.78 is 7.43. The summed E-state index contributed by atoms with van der Waals surface area (Å²) in [4.78, 5) is 23.8. The van der Waals surface area contributed by atoms with E-state index in [4.69, 9.17) is 4.74 Å². The molecular weight excluding hydrogens is 268 g/mol. The molecule has 1 aromatic heterocycles. The van der Waals surface area contributed by atoms with Crippen LogP contribution in [0.4, 0.5) is 0 Å². The zero-order valence-corrected chi connectivity index (χ0v) is 12.4. The van der Waals surface area contributed by atoms with Crippen LogP contribution in [0.5, 0.6) is 0 Å². The standard InChI is InChI=1S/C16H22N2O3/c1-18-11-12(5-6-14(18)19)15(20)17-13-7-10-21-16(13)8-3-2-4-9-16/h5-6,11,13H,2-4,7-10H2,1H3,(H,17,20). The Bertz CT molecular complexity index is 587. The molecule has 1 atom stereocenters. The number of rotatable bonds is 2. The molecule has 1 spiro atoms. The fraction of sp³-hybridized carbons (Fsp3) is 0.625. The number of hydrogen-bond donors (Lipinski definition) is 1. The van der Waals surface area contributed by atoms with Crippen molar-refractivity contribution < 1.29 is 9.53 Å². The summed E-state index contributed by atoms with van der Waals surface area (Å²) in [5.74, 6) is -0.119. The second-order valence-corrected chi connectivity index (χ2v) is 6.16. The molecule has 0 bridgehead atoms. The molecule has 3 rings (SSSR count). The summed E-state index contributed by atoms with van der Waals surface area (Å²) in [5, 5.41) is 3.12. The van der Waals surface area contributed by atoms with Crippen molar-refractivity contribution in [2.45, 2.75) is 50.2 Å². The molecule has 5 heteroatoms. The first-order chi connectivity index (χ1) is 10.1. The van der Waals surface area contributed by atoms with Gasteiger partial charge in [-0.05, 0) is 25.3 Å². The number of hydrogen-bond acceptors (Lipinski definition) is 3. The van der Waals surface area contributed by atoms with Gasteiger partial charge in [0.05, 0.1) is 17.2 Å². The predicted octanol–water partition coefficient (Wildman–Crippen LogP) is 1.61. The Morgan fingerprint density at radius 2 is 2.10 bits per heavy atom. The lowest BCUT2D eigenvalue weighted by molar-refractivity contribution is -0.0375. The molecule has 1 unspecified atom stereocenters. The number of carbonyl (C=O) groups excluding carboxylic acids is 1. The fourth-order valence-corrected chi connectivity index (χ4v) is 3.56. The maximum atomic E-state index is 12.4. The third kappa shape index (κ3) is 2.75. The molecule has 1 saturated heterocycles. The smallest absolute Gasteiger partial charge is 0.253 e. The third-order valence-electron chi connectivity index (χ3n) is 4.78. The Morgan fingerprint density at radius 1 is 1.33 bits per heavy atom. The van der Waals surface area contributed by atoms with Crippen molar-refractivity contribution in [2.75, 3.05) is 6.61 Å². The molecule has 1 amide bonds. The summed E-state index contributed by atoms with van der Waals surface area (Å²) in [6.45, 7) is 0.720. The summed E-state index contributed by atoms with van der Waals surface area (Å²) in [6.07, 6.45) is 8.12. The van der Waals surface area contributed by atoms with Crippen LogP contribution in [0.1, 0.15) is 48.9 Å². The van der Waals surface area contributed by atoms with Gasteiger partial charge < -0.3 is 14.6 Å². The highest BCUT2D eigenvalue weighted by Crippen LogP contribution is 2.39. The van der Waals surface area contributed by atoms with E-state index in [2.05, 4.69) is 5.32 Å². The molecule has 5 nitrogen and oxygen atoms in total. The average Bonchev–Trinajstić information content (AvgIpc) is 2.85. The van der Waals surface area contributed by atoms with Gasteiger partial charge in [0.25, 0.3) is 5.91 Å². The Kier molecular flexibility index (Phi) is 3.85. The largest absolute Gasteiger partial charge is 0.373 e. The lowest BCUT2D eigenvalue weighted by Gasteiger charge is -2.38. The minimum Gasteiger partial charge on any atom is -0.373 e. The van der Waals surface area contributed by atoms with Gasteiger partial charge in [-0.3, -0.25) is 9.59 Å². The molecule has 1 aliphatic carbocycles. The Morgan fingerprint density at radius 3 is 2.81 bits per heavy atom. The maximum Gasteiger partial charge on any atom is 0.253 e. The van der Waals surface area contributed by atoms with Gasteiger partial charge in [-0.15, -0.1) is 0 Å². The van der Waals surface area contributed by atoms with Crippen LogP contribution in [0.2, 0.25) is 0 Å². The SMILES string of the molecule is Cn1cc(C(=O)NC2CCOC23CCCCC3)ccc1=O. The molecule has 2 aliphatic rings. The topological polar surface area (TPSA) is 60.3 Å². The van der Waals surface area contributed by atoms with Gasteiger partial charge in [0.2, 0.25) is 5.56 Å². The third-order valence-corrected chi connectivity index (χ3v) is 4.78. The van der Waals surface area contributed by atoms with Gasteiger partial charge in [-0.1, -0.05) is 19.3 Å². The summed E-state index contributed by atoms with van der Waals surface area (Å²) in [6, 6.07) is 3.10. The molecular formula is C16H22N2O3. The van der Waals surface area contributed by atoms with Crippen LogP contribution in [0.25, 0.3) is 0 Å². The van der Waals surface area contributed by atoms with E-state index in [-0.39, 0.29) is 23.1 Å². The van der Waals surface area contributed by atoms with E-state index in [0.717, 1.165) is 25.9 Å². The molecule has 0 aromatic carbocycles. The summed E-state index contributed by atoms with van der Waals surface area (Å²) in [5.41, 5.74) is 0.253. The number of ether oxygens (including phenoxy) is 1. The zero-order chi connectivity index (χ0) is 14.9. The molecule has 1 aromatic rings. The van der Waals surface area contributed by atoms with E-state index in [0.29, 0.717) is 5.56 Å². The zero-order valence-electron chi connectivity index (χ0n) is 12.4. The number of pyridine rings is 1. The first-order valence-corrected chi connectivity index (χ1v) is 7.72. The van der Waals surface area contributed by atoms with E-state index in [9.17, 15) is 9.59 Å². The predicted molar refractivity (Wildman–Crippen MR) is 79.3 cm³/mol. The molecule has 1 aliphatic heterocycles. The van der Waals surface area contributed by atoms with Crippen LogP contribution in [0, 0.1) is 0 Å². The normalized spacial score (nSPS) is 24.1. The van der Waals surface area contributed by atoms with Gasteiger partial charge in [-0.25, -0.2) is 0 Å². The van der Waals surface area contributed by atoms with Crippen molar-refractivity contribution >= 4 is 5.91 Å². The Labute approximate surface area is 124 Å². The van der Waals surface area contributed by atoms with Gasteiger partial charge >= 0.3 is 0 Å². The Hall–Kier alpha value is -1.62. The quantitative estimate of drug-likeness (QED) is 0.900. The number of aryl methyl sites for hydroxylation is 1.